The van der Waals surface area contributed by atoms with Gasteiger partial charge in [-0.1, -0.05) is 0 Å². The number of aromatic hydroxyl groups is 1. The third-order valence-corrected chi connectivity index (χ3v) is 5.02. The molecule has 2 aromatic carbocycles. The average molecular weight is 409 g/mol. The zero-order chi connectivity index (χ0) is 21.2. The molecule has 0 saturated carbocycles. The first-order chi connectivity index (χ1) is 12.9. The Morgan fingerprint density at radius 2 is 1.86 bits per heavy atom. The van der Waals surface area contributed by atoms with Gasteiger partial charge in [-0.15, -0.1) is 0 Å². The van der Waals surface area contributed by atoms with Crippen molar-refractivity contribution in [1.29, 1.82) is 0 Å². The predicted molar refractivity (Wildman–Crippen MR) is 103 cm³/mol. The minimum absolute atomic E-state index is 0.0437. The maximum Gasteiger partial charge on any atom is 0.335 e. The van der Waals surface area contributed by atoms with E-state index in [1.807, 2.05) is 0 Å². The number of benzene rings is 1. The lowest BCUT2D eigenvalue weighted by molar-refractivity contribution is 0.0696. The SMILES string of the molecule is C/C(=C\c1c(O)c(=O)c1=O)N(CCCS(=O)(=O)O)c1ccc(C(=O)O)cc1C. The molecule has 28 heavy (non-hydrogen) atoms. The van der Waals surface area contributed by atoms with E-state index in [4.69, 9.17) is 9.66 Å². The van der Waals surface area contributed by atoms with Gasteiger partial charge in [0.2, 0.25) is 5.43 Å². The van der Waals surface area contributed by atoms with Crippen molar-refractivity contribution in [3.63, 3.8) is 0 Å². The molecule has 0 fully saturated rings. The molecule has 0 aromatic heterocycles. The fraction of sp³-hybridized carbons (Fsp3) is 0.278. The zero-order valence-corrected chi connectivity index (χ0v) is 16.0. The molecule has 150 valence electrons. The second kappa shape index (κ2) is 7.95. The zero-order valence-electron chi connectivity index (χ0n) is 15.2. The lowest BCUT2D eigenvalue weighted by atomic mass is 10.1. The fourth-order valence-corrected chi connectivity index (χ4v) is 3.30. The van der Waals surface area contributed by atoms with Gasteiger partial charge in [-0.25, -0.2) is 4.79 Å². The van der Waals surface area contributed by atoms with Crippen molar-refractivity contribution in [2.75, 3.05) is 17.2 Å². The van der Waals surface area contributed by atoms with Crippen LogP contribution in [0.1, 0.15) is 34.8 Å². The van der Waals surface area contributed by atoms with Crippen LogP contribution < -0.4 is 15.8 Å². The van der Waals surface area contributed by atoms with Gasteiger partial charge in [0, 0.05) is 17.9 Å². The van der Waals surface area contributed by atoms with Gasteiger partial charge in [0.15, 0.2) is 5.75 Å². The maximum absolute atomic E-state index is 11.6. The Morgan fingerprint density at radius 1 is 1.21 bits per heavy atom. The predicted octanol–water partition coefficient (Wildman–Crippen LogP) is 1.14. The van der Waals surface area contributed by atoms with Gasteiger partial charge in [-0.05, 0) is 50.1 Å². The Morgan fingerprint density at radius 3 is 2.36 bits per heavy atom. The summed E-state index contributed by atoms with van der Waals surface area (Å²) in [5.41, 5.74) is -0.334. The van der Waals surface area contributed by atoms with Gasteiger partial charge in [0.05, 0.1) is 16.9 Å². The van der Waals surface area contributed by atoms with E-state index in [-0.39, 0.29) is 24.1 Å². The Hall–Kier alpha value is -2.98. The molecule has 0 aliphatic rings. The van der Waals surface area contributed by atoms with Crippen molar-refractivity contribution in [2.45, 2.75) is 20.3 Å². The average Bonchev–Trinajstić information content (AvgIpc) is 2.61. The van der Waals surface area contributed by atoms with E-state index >= 15 is 0 Å². The largest absolute Gasteiger partial charge is 0.504 e. The summed E-state index contributed by atoms with van der Waals surface area (Å²) in [6, 6.07) is 4.35. The van der Waals surface area contributed by atoms with E-state index in [9.17, 15) is 27.9 Å². The maximum atomic E-state index is 11.6. The first kappa shape index (κ1) is 21.3. The van der Waals surface area contributed by atoms with Crippen LogP contribution in [-0.4, -0.2) is 41.5 Å². The Kier molecular flexibility index (Phi) is 6.05. The molecule has 3 N–H and O–H groups in total. The molecule has 0 radical (unpaired) electrons. The van der Waals surface area contributed by atoms with Crippen LogP contribution in [0.15, 0.2) is 33.5 Å². The first-order valence-electron chi connectivity index (χ1n) is 8.19. The summed E-state index contributed by atoms with van der Waals surface area (Å²) in [6.07, 6.45) is 1.35. The molecule has 0 heterocycles. The van der Waals surface area contributed by atoms with Gasteiger partial charge in [0.25, 0.3) is 15.5 Å². The van der Waals surface area contributed by atoms with Crippen molar-refractivity contribution in [3.8, 4) is 5.75 Å². The summed E-state index contributed by atoms with van der Waals surface area (Å²) in [6.45, 7) is 3.37. The minimum atomic E-state index is -4.17. The van der Waals surface area contributed by atoms with Crippen molar-refractivity contribution < 1.29 is 28.0 Å². The monoisotopic (exact) mass is 409 g/mol. The Bertz CT molecular complexity index is 1120. The van der Waals surface area contributed by atoms with E-state index in [1.165, 1.54) is 24.3 Å². The van der Waals surface area contributed by atoms with Crippen LogP contribution >= 0.6 is 0 Å². The molecule has 2 rings (SSSR count). The van der Waals surface area contributed by atoms with E-state index in [1.54, 1.807) is 18.7 Å². The second-order valence-corrected chi connectivity index (χ2v) is 7.88. The molecular formula is C18H19NO8S. The second-order valence-electron chi connectivity index (χ2n) is 6.30. The minimum Gasteiger partial charge on any atom is -0.504 e. The molecule has 0 atom stereocenters. The molecule has 9 nitrogen and oxygen atoms in total. The standard InChI is InChI=1S/C18H19NO8S/c1-10-8-12(18(23)24)4-5-14(10)19(6-3-7-28(25,26)27)11(2)9-13-15(20)17(22)16(13)21/h4-5,8-9,20H,3,6-7H2,1-2H3,(H,23,24)(H,25,26,27)/b11-9+. The number of carboxylic acid groups (broad SMARTS) is 1. The highest BCUT2D eigenvalue weighted by Crippen LogP contribution is 2.27. The number of carboxylic acids is 1. The molecule has 10 heteroatoms. The summed E-state index contributed by atoms with van der Waals surface area (Å²) < 4.78 is 30.9. The van der Waals surface area contributed by atoms with E-state index < -0.39 is 38.4 Å². The number of hydrogen-bond acceptors (Lipinski definition) is 7. The van der Waals surface area contributed by atoms with Gasteiger partial charge in [-0.3, -0.25) is 14.1 Å². The van der Waals surface area contributed by atoms with Crippen molar-refractivity contribution in [3.05, 3.63) is 61.0 Å². The van der Waals surface area contributed by atoms with Crippen LogP contribution in [-0.2, 0) is 10.1 Å². The number of carbonyl (C=O) groups is 1. The number of allylic oxidation sites excluding steroid dienone is 1. The van der Waals surface area contributed by atoms with Crippen molar-refractivity contribution >= 4 is 27.9 Å². The van der Waals surface area contributed by atoms with Gasteiger partial charge >= 0.3 is 5.97 Å². The lowest BCUT2D eigenvalue weighted by Crippen LogP contribution is -2.33. The molecular weight excluding hydrogens is 390 g/mol. The number of rotatable bonds is 8. The number of hydrogen-bond donors (Lipinski definition) is 3. The molecule has 0 unspecified atom stereocenters. The third kappa shape index (κ3) is 4.65. The number of aryl methyl sites for hydroxylation is 1. The van der Waals surface area contributed by atoms with Gasteiger partial charge in [-0.2, -0.15) is 8.42 Å². The van der Waals surface area contributed by atoms with E-state index in [0.717, 1.165) is 0 Å². The summed E-state index contributed by atoms with van der Waals surface area (Å²) in [5.74, 6) is -2.23. The third-order valence-electron chi connectivity index (χ3n) is 4.22. The van der Waals surface area contributed by atoms with Crippen molar-refractivity contribution in [1.82, 2.24) is 0 Å². The topological polar surface area (TPSA) is 149 Å². The summed E-state index contributed by atoms with van der Waals surface area (Å²) in [4.78, 5) is 35.5. The Labute approximate surface area is 160 Å². The fourth-order valence-electron chi connectivity index (χ4n) is 2.80. The normalized spacial score (nSPS) is 12.3. The lowest BCUT2D eigenvalue weighted by Gasteiger charge is -2.27. The van der Waals surface area contributed by atoms with E-state index in [0.29, 0.717) is 16.9 Å². The Balaban J connectivity index is 2.43. The molecule has 0 spiro atoms. The van der Waals surface area contributed by atoms with Crippen LogP contribution in [0.25, 0.3) is 6.08 Å². The quantitative estimate of drug-likeness (QED) is 0.431. The highest BCUT2D eigenvalue weighted by molar-refractivity contribution is 7.85. The van der Waals surface area contributed by atoms with Crippen LogP contribution in [0.5, 0.6) is 5.75 Å². The number of aromatic carboxylic acids is 1. The van der Waals surface area contributed by atoms with Crippen LogP contribution in [0, 0.1) is 6.92 Å². The van der Waals surface area contributed by atoms with Gasteiger partial charge < -0.3 is 15.1 Å². The highest BCUT2D eigenvalue weighted by atomic mass is 32.2. The molecule has 0 aliphatic carbocycles. The first-order valence-corrected chi connectivity index (χ1v) is 9.80. The summed E-state index contributed by atoms with van der Waals surface area (Å²) >= 11 is 0. The molecule has 2 aromatic rings. The van der Waals surface area contributed by atoms with Crippen LogP contribution in [0.4, 0.5) is 5.69 Å². The van der Waals surface area contributed by atoms with Crippen molar-refractivity contribution in [2.24, 2.45) is 0 Å². The van der Waals surface area contributed by atoms with Crippen LogP contribution in [0.2, 0.25) is 0 Å². The van der Waals surface area contributed by atoms with Gasteiger partial charge in [0.1, 0.15) is 0 Å². The van der Waals surface area contributed by atoms with E-state index in [2.05, 4.69) is 0 Å². The molecule has 0 bridgehead atoms. The smallest absolute Gasteiger partial charge is 0.335 e. The molecule has 0 saturated heterocycles. The molecule has 0 aliphatic heterocycles. The number of anilines is 1. The van der Waals surface area contributed by atoms with Crippen LogP contribution in [0.3, 0.4) is 0 Å². The molecule has 0 amide bonds. The summed E-state index contributed by atoms with van der Waals surface area (Å²) in [5, 5.41) is 18.6. The summed E-state index contributed by atoms with van der Waals surface area (Å²) in [7, 11) is -4.17. The number of nitrogens with zero attached hydrogens (tertiary/aromatic N) is 1. The highest BCUT2D eigenvalue weighted by Gasteiger charge is 2.20.